The van der Waals surface area contributed by atoms with Crippen LogP contribution < -0.4 is 10.6 Å². The molecule has 3 N–H and O–H groups in total. The number of hydrogen-bond donors (Lipinski definition) is 3. The van der Waals surface area contributed by atoms with Crippen LogP contribution in [0.1, 0.15) is 10.4 Å². The van der Waals surface area contributed by atoms with E-state index in [1.165, 1.54) is 31.4 Å². The summed E-state index contributed by atoms with van der Waals surface area (Å²) >= 11 is 0. The fourth-order valence-corrected chi connectivity index (χ4v) is 3.55. The average molecular weight is 342 g/mol. The summed E-state index contributed by atoms with van der Waals surface area (Å²) in [6.45, 7) is 1.70. The molecule has 1 heterocycles. The number of rotatable bonds is 7. The van der Waals surface area contributed by atoms with Crippen molar-refractivity contribution in [3.8, 4) is 0 Å². The van der Waals surface area contributed by atoms with Gasteiger partial charge in [0.1, 0.15) is 0 Å². The van der Waals surface area contributed by atoms with Gasteiger partial charge in [-0.1, -0.05) is 0 Å². The monoisotopic (exact) mass is 342 g/mol. The van der Waals surface area contributed by atoms with Crippen molar-refractivity contribution in [1.82, 2.24) is 10.6 Å². The molecule has 0 saturated carbocycles. The number of aliphatic hydroxyl groups excluding tert-OH is 1. The average Bonchev–Trinajstić information content (AvgIpc) is 2.96. The minimum absolute atomic E-state index is 0.00681. The lowest BCUT2D eigenvalue weighted by molar-refractivity contribution is 0.0927. The molecule has 0 aliphatic carbocycles. The summed E-state index contributed by atoms with van der Waals surface area (Å²) in [5.74, 6) is -0.390. The molecule has 128 valence electrons. The molecule has 1 aliphatic heterocycles. The van der Waals surface area contributed by atoms with Crippen molar-refractivity contribution in [3.63, 3.8) is 0 Å². The molecule has 7 nitrogen and oxygen atoms in total. The van der Waals surface area contributed by atoms with Crippen molar-refractivity contribution in [2.75, 3.05) is 39.1 Å². The van der Waals surface area contributed by atoms with E-state index >= 15 is 0 Å². The number of amides is 1. The van der Waals surface area contributed by atoms with E-state index in [9.17, 15) is 18.3 Å². The van der Waals surface area contributed by atoms with Crippen LogP contribution in [0.2, 0.25) is 0 Å². The van der Waals surface area contributed by atoms with Crippen LogP contribution in [0, 0.1) is 5.92 Å². The second-order valence-corrected chi connectivity index (χ2v) is 7.64. The quantitative estimate of drug-likeness (QED) is 0.612. The van der Waals surface area contributed by atoms with Crippen molar-refractivity contribution in [2.24, 2.45) is 5.92 Å². The van der Waals surface area contributed by atoms with Gasteiger partial charge in [0, 0.05) is 38.2 Å². The van der Waals surface area contributed by atoms with Gasteiger partial charge in [0.05, 0.1) is 23.4 Å². The molecule has 2 atom stereocenters. The lowest BCUT2D eigenvalue weighted by atomic mass is 10.1. The standard InChI is InChI=1S/C15H22N2O5S/c1-22-6-7-23(20,21)13-4-2-11(3-5-13)15(19)17-9-12-8-16-10-14(12)18/h2-5,12,14,16,18H,6-10H2,1H3,(H,17,19). The van der Waals surface area contributed by atoms with Gasteiger partial charge in [0.15, 0.2) is 9.84 Å². The van der Waals surface area contributed by atoms with E-state index in [1.807, 2.05) is 0 Å². The van der Waals surface area contributed by atoms with Gasteiger partial charge < -0.3 is 20.5 Å². The molecule has 0 bridgehead atoms. The van der Waals surface area contributed by atoms with E-state index in [1.54, 1.807) is 0 Å². The van der Waals surface area contributed by atoms with E-state index < -0.39 is 15.9 Å². The molecule has 1 amide bonds. The molecule has 0 aromatic heterocycles. The molecule has 1 aromatic carbocycles. The number of ether oxygens (including phenoxy) is 1. The van der Waals surface area contributed by atoms with E-state index in [0.717, 1.165) is 0 Å². The van der Waals surface area contributed by atoms with Crippen LogP contribution in [0.15, 0.2) is 29.2 Å². The zero-order valence-corrected chi connectivity index (χ0v) is 13.8. The van der Waals surface area contributed by atoms with Gasteiger partial charge in [-0.15, -0.1) is 0 Å². The summed E-state index contributed by atoms with van der Waals surface area (Å²) in [7, 11) is -1.95. The van der Waals surface area contributed by atoms with Gasteiger partial charge >= 0.3 is 0 Å². The first-order valence-corrected chi connectivity index (χ1v) is 9.08. The minimum atomic E-state index is -3.40. The van der Waals surface area contributed by atoms with Crippen LogP contribution in [0.25, 0.3) is 0 Å². The predicted octanol–water partition coefficient (Wildman–Crippen LogP) is -0.583. The number of methoxy groups -OCH3 is 1. The molecule has 0 radical (unpaired) electrons. The Balaban J connectivity index is 1.94. The Morgan fingerprint density at radius 3 is 2.61 bits per heavy atom. The van der Waals surface area contributed by atoms with Gasteiger partial charge in [0.2, 0.25) is 0 Å². The van der Waals surface area contributed by atoms with E-state index in [4.69, 9.17) is 4.74 Å². The number of β-amino-alcohol motifs (C(OH)–C–C–N with tert-alkyl or cyclic N) is 1. The van der Waals surface area contributed by atoms with Crippen LogP contribution in [-0.4, -0.2) is 64.6 Å². The summed E-state index contributed by atoms with van der Waals surface area (Å²) in [6, 6.07) is 5.81. The van der Waals surface area contributed by atoms with Gasteiger partial charge in [-0.05, 0) is 24.3 Å². The second-order valence-electron chi connectivity index (χ2n) is 5.53. The Morgan fingerprint density at radius 2 is 2.04 bits per heavy atom. The van der Waals surface area contributed by atoms with Crippen molar-refractivity contribution >= 4 is 15.7 Å². The fourth-order valence-electron chi connectivity index (χ4n) is 2.38. The molecule has 8 heteroatoms. The molecule has 0 spiro atoms. The maximum Gasteiger partial charge on any atom is 0.251 e. The molecule has 23 heavy (non-hydrogen) atoms. The minimum Gasteiger partial charge on any atom is -0.391 e. The van der Waals surface area contributed by atoms with Crippen molar-refractivity contribution < 1.29 is 23.1 Å². The molecule has 1 saturated heterocycles. The van der Waals surface area contributed by atoms with Crippen LogP contribution in [0.3, 0.4) is 0 Å². The largest absolute Gasteiger partial charge is 0.391 e. The van der Waals surface area contributed by atoms with Gasteiger partial charge in [-0.2, -0.15) is 0 Å². The highest BCUT2D eigenvalue weighted by molar-refractivity contribution is 7.91. The summed E-state index contributed by atoms with van der Waals surface area (Å²) in [5.41, 5.74) is 0.385. The topological polar surface area (TPSA) is 105 Å². The van der Waals surface area contributed by atoms with Gasteiger partial charge in [0.25, 0.3) is 5.91 Å². The highest BCUT2D eigenvalue weighted by Gasteiger charge is 2.25. The van der Waals surface area contributed by atoms with E-state index in [2.05, 4.69) is 10.6 Å². The van der Waals surface area contributed by atoms with Crippen molar-refractivity contribution in [3.05, 3.63) is 29.8 Å². The molecule has 2 unspecified atom stereocenters. The second kappa shape index (κ2) is 7.87. The Morgan fingerprint density at radius 1 is 1.35 bits per heavy atom. The molecule has 1 aliphatic rings. The smallest absolute Gasteiger partial charge is 0.251 e. The van der Waals surface area contributed by atoms with Crippen molar-refractivity contribution in [1.29, 1.82) is 0 Å². The molecule has 1 aromatic rings. The third-order valence-electron chi connectivity index (χ3n) is 3.86. The van der Waals surface area contributed by atoms with Gasteiger partial charge in [-0.3, -0.25) is 4.79 Å². The SMILES string of the molecule is COCCS(=O)(=O)c1ccc(C(=O)NCC2CNCC2O)cc1. The summed E-state index contributed by atoms with van der Waals surface area (Å²) in [6.07, 6.45) is -0.455. The molecular weight excluding hydrogens is 320 g/mol. The molecular formula is C15H22N2O5S. The first-order valence-electron chi connectivity index (χ1n) is 7.43. The molecule has 2 rings (SSSR count). The number of aliphatic hydroxyl groups is 1. The van der Waals surface area contributed by atoms with Gasteiger partial charge in [-0.25, -0.2) is 8.42 Å². The Kier molecular flexibility index (Phi) is 6.11. The third-order valence-corrected chi connectivity index (χ3v) is 5.56. The number of sulfone groups is 1. The van der Waals surface area contributed by atoms with Crippen LogP contribution in [0.5, 0.6) is 0 Å². The first-order chi connectivity index (χ1) is 10.9. The number of carbonyl (C=O) groups is 1. The predicted molar refractivity (Wildman–Crippen MR) is 85.1 cm³/mol. The van der Waals surface area contributed by atoms with Crippen LogP contribution in [-0.2, 0) is 14.6 Å². The zero-order valence-electron chi connectivity index (χ0n) is 13.0. The van der Waals surface area contributed by atoms with Crippen LogP contribution >= 0.6 is 0 Å². The Labute approximate surface area is 136 Å². The summed E-state index contributed by atoms with van der Waals surface area (Å²) in [4.78, 5) is 12.2. The maximum atomic E-state index is 12.1. The van der Waals surface area contributed by atoms with Crippen molar-refractivity contribution in [2.45, 2.75) is 11.0 Å². The summed E-state index contributed by atoms with van der Waals surface area (Å²) < 4.78 is 28.8. The number of hydrogen-bond acceptors (Lipinski definition) is 6. The lowest BCUT2D eigenvalue weighted by Crippen LogP contribution is -2.34. The Hall–Kier alpha value is -1.48. The maximum absolute atomic E-state index is 12.1. The van der Waals surface area contributed by atoms with Crippen LogP contribution in [0.4, 0.5) is 0 Å². The fraction of sp³-hybridized carbons (Fsp3) is 0.533. The number of nitrogens with one attached hydrogen (secondary N) is 2. The number of benzene rings is 1. The molecule has 1 fully saturated rings. The Bertz CT molecular complexity index is 630. The number of carbonyl (C=O) groups excluding carboxylic acids is 1. The third kappa shape index (κ3) is 4.74. The highest BCUT2D eigenvalue weighted by atomic mass is 32.2. The highest BCUT2D eigenvalue weighted by Crippen LogP contribution is 2.13. The van der Waals surface area contributed by atoms with E-state index in [-0.39, 0.29) is 29.1 Å². The summed E-state index contributed by atoms with van der Waals surface area (Å²) in [5, 5.41) is 15.5. The lowest BCUT2D eigenvalue weighted by Gasteiger charge is -2.14. The normalized spacial score (nSPS) is 21.3. The first kappa shape index (κ1) is 17.9. The zero-order chi connectivity index (χ0) is 16.9. The van der Waals surface area contributed by atoms with E-state index in [0.29, 0.717) is 25.2 Å².